The summed E-state index contributed by atoms with van der Waals surface area (Å²) in [6, 6.07) is 16.6. The lowest BCUT2D eigenvalue weighted by molar-refractivity contribution is 0.181. The number of aryl methyl sites for hydroxylation is 1. The largest absolute Gasteiger partial charge is 0.322 e. The Morgan fingerprint density at radius 3 is 2.78 bits per heavy atom. The molecule has 2 aromatic carbocycles. The van der Waals surface area contributed by atoms with Crippen molar-refractivity contribution in [2.24, 2.45) is 0 Å². The first-order valence-corrected chi connectivity index (χ1v) is 9.17. The van der Waals surface area contributed by atoms with Gasteiger partial charge in [0.25, 0.3) is 0 Å². The molecule has 2 amide bonds. The van der Waals surface area contributed by atoms with E-state index < -0.39 is 0 Å². The predicted octanol–water partition coefficient (Wildman–Crippen LogP) is 5.42. The summed E-state index contributed by atoms with van der Waals surface area (Å²) < 4.78 is 16.0. The van der Waals surface area contributed by atoms with E-state index in [0.717, 1.165) is 23.4 Å². The van der Waals surface area contributed by atoms with Crippen molar-refractivity contribution >= 4 is 11.7 Å². The molecule has 1 atom stereocenters. The van der Waals surface area contributed by atoms with Crippen molar-refractivity contribution in [1.29, 1.82) is 0 Å². The van der Waals surface area contributed by atoms with E-state index in [1.54, 1.807) is 19.1 Å². The van der Waals surface area contributed by atoms with Crippen molar-refractivity contribution < 1.29 is 9.18 Å². The van der Waals surface area contributed by atoms with Gasteiger partial charge in [0.15, 0.2) is 0 Å². The minimum absolute atomic E-state index is 0.0669. The molecule has 0 aliphatic carbocycles. The molecule has 1 aliphatic rings. The number of rotatable bonds is 2. The van der Waals surface area contributed by atoms with Crippen LogP contribution in [0.5, 0.6) is 0 Å². The average Bonchev–Trinajstić information content (AvgIpc) is 3.09. The summed E-state index contributed by atoms with van der Waals surface area (Å²) in [4.78, 5) is 14.9. The number of hydrogen-bond donors (Lipinski definition) is 1. The molecule has 1 N–H and O–H groups in total. The number of benzene rings is 2. The second-order valence-corrected chi connectivity index (χ2v) is 6.88. The van der Waals surface area contributed by atoms with Crippen LogP contribution in [-0.2, 0) is 6.54 Å². The maximum atomic E-state index is 13.9. The van der Waals surface area contributed by atoms with E-state index in [1.165, 1.54) is 6.07 Å². The first-order valence-electron chi connectivity index (χ1n) is 9.17. The number of carbonyl (C=O) groups is 1. The van der Waals surface area contributed by atoms with Gasteiger partial charge in [0.05, 0.1) is 18.3 Å². The molecule has 2 heterocycles. The zero-order chi connectivity index (χ0) is 19.0. The summed E-state index contributed by atoms with van der Waals surface area (Å²) in [5.41, 5.74) is 4.27. The highest BCUT2D eigenvalue weighted by Crippen LogP contribution is 2.34. The van der Waals surface area contributed by atoms with Crippen LogP contribution in [0.3, 0.4) is 0 Å². The van der Waals surface area contributed by atoms with Gasteiger partial charge in [0.1, 0.15) is 5.82 Å². The molecule has 1 aliphatic heterocycles. The van der Waals surface area contributed by atoms with Gasteiger partial charge in [-0.05, 0) is 54.8 Å². The normalized spacial score (nSPS) is 15.7. The van der Waals surface area contributed by atoms with Gasteiger partial charge in [-0.1, -0.05) is 31.2 Å². The fourth-order valence-electron chi connectivity index (χ4n) is 3.73. The monoisotopic (exact) mass is 363 g/mol. The van der Waals surface area contributed by atoms with Gasteiger partial charge in [-0.2, -0.15) is 0 Å². The quantitative estimate of drug-likeness (QED) is 0.648. The zero-order valence-corrected chi connectivity index (χ0v) is 15.4. The van der Waals surface area contributed by atoms with Crippen LogP contribution in [0.15, 0.2) is 60.8 Å². The number of anilines is 1. The summed E-state index contributed by atoms with van der Waals surface area (Å²) >= 11 is 0. The Kier molecular flexibility index (Phi) is 4.44. The molecule has 0 radical (unpaired) electrons. The second-order valence-electron chi connectivity index (χ2n) is 6.88. The Hall–Kier alpha value is -3.08. The zero-order valence-electron chi connectivity index (χ0n) is 15.4. The Morgan fingerprint density at radius 1 is 1.19 bits per heavy atom. The predicted molar refractivity (Wildman–Crippen MR) is 104 cm³/mol. The van der Waals surface area contributed by atoms with E-state index in [0.29, 0.717) is 17.8 Å². The summed E-state index contributed by atoms with van der Waals surface area (Å²) in [5.74, 6) is -0.324. The third-order valence-corrected chi connectivity index (χ3v) is 5.16. The van der Waals surface area contributed by atoms with Crippen LogP contribution in [0.2, 0.25) is 0 Å². The van der Waals surface area contributed by atoms with Gasteiger partial charge in [-0.3, -0.25) is 0 Å². The molecule has 0 unspecified atom stereocenters. The lowest BCUT2D eigenvalue weighted by Gasteiger charge is -2.29. The number of nitrogens with zero attached hydrogens (tertiary/aromatic N) is 2. The summed E-state index contributed by atoms with van der Waals surface area (Å²) in [6.07, 6.45) is 2.82. The van der Waals surface area contributed by atoms with E-state index in [-0.39, 0.29) is 17.9 Å². The van der Waals surface area contributed by atoms with E-state index in [2.05, 4.69) is 28.9 Å². The summed E-state index contributed by atoms with van der Waals surface area (Å²) in [7, 11) is 0. The van der Waals surface area contributed by atoms with Gasteiger partial charge in [0.2, 0.25) is 0 Å². The molecule has 27 heavy (non-hydrogen) atoms. The minimum atomic E-state index is -0.324. The van der Waals surface area contributed by atoms with Crippen LogP contribution < -0.4 is 5.32 Å². The van der Waals surface area contributed by atoms with Crippen molar-refractivity contribution in [3.63, 3.8) is 0 Å². The molecule has 4 rings (SSSR count). The third kappa shape index (κ3) is 3.10. The molecule has 3 aromatic rings. The molecule has 4 nitrogen and oxygen atoms in total. The highest BCUT2D eigenvalue weighted by Gasteiger charge is 2.30. The first kappa shape index (κ1) is 17.3. The molecule has 0 bridgehead atoms. The van der Waals surface area contributed by atoms with Crippen LogP contribution in [0.1, 0.15) is 36.2 Å². The van der Waals surface area contributed by atoms with Crippen molar-refractivity contribution in [2.45, 2.75) is 32.9 Å². The Bertz CT molecular complexity index is 995. The van der Waals surface area contributed by atoms with E-state index >= 15 is 0 Å². The fourth-order valence-corrected chi connectivity index (χ4v) is 3.73. The van der Waals surface area contributed by atoms with Crippen LogP contribution in [0.4, 0.5) is 14.9 Å². The average molecular weight is 363 g/mol. The standard InChI is InChI=1S/C22H22FN3O/c1-3-19-21-9-6-12-25(21)20-8-5-4-7-16(20)14-26(19)22(27)24-17-11-10-15(2)18(23)13-17/h4-13,19H,3,14H2,1-2H3,(H,24,27)/t19-/m0/s1. The molecule has 1 aromatic heterocycles. The first-order chi connectivity index (χ1) is 13.1. The highest BCUT2D eigenvalue weighted by atomic mass is 19.1. The highest BCUT2D eigenvalue weighted by molar-refractivity contribution is 5.89. The summed E-state index contributed by atoms with van der Waals surface area (Å²) in [5, 5.41) is 2.86. The lowest BCUT2D eigenvalue weighted by atomic mass is 10.1. The van der Waals surface area contributed by atoms with Gasteiger partial charge in [0, 0.05) is 17.6 Å². The Balaban J connectivity index is 1.71. The van der Waals surface area contributed by atoms with E-state index in [4.69, 9.17) is 0 Å². The molecule has 0 spiro atoms. The van der Waals surface area contributed by atoms with E-state index in [1.807, 2.05) is 35.4 Å². The number of aromatic nitrogens is 1. The van der Waals surface area contributed by atoms with Crippen LogP contribution in [0, 0.1) is 12.7 Å². The molecule has 0 saturated heterocycles. The smallest absolute Gasteiger partial charge is 0.318 e. The Morgan fingerprint density at radius 2 is 2.00 bits per heavy atom. The Labute approximate surface area is 158 Å². The number of fused-ring (bicyclic) bond motifs is 3. The van der Waals surface area contributed by atoms with Crippen molar-refractivity contribution in [1.82, 2.24) is 9.47 Å². The van der Waals surface area contributed by atoms with Crippen LogP contribution >= 0.6 is 0 Å². The lowest BCUT2D eigenvalue weighted by Crippen LogP contribution is -2.37. The number of para-hydroxylation sites is 1. The van der Waals surface area contributed by atoms with Crippen LogP contribution in [-0.4, -0.2) is 15.5 Å². The minimum Gasteiger partial charge on any atom is -0.318 e. The molecular weight excluding hydrogens is 341 g/mol. The molecular formula is C22H22FN3O. The molecule has 0 saturated carbocycles. The van der Waals surface area contributed by atoms with Gasteiger partial charge >= 0.3 is 6.03 Å². The van der Waals surface area contributed by atoms with Gasteiger partial charge in [-0.25, -0.2) is 9.18 Å². The number of urea groups is 1. The number of hydrogen-bond acceptors (Lipinski definition) is 1. The third-order valence-electron chi connectivity index (χ3n) is 5.16. The molecule has 0 fully saturated rings. The summed E-state index contributed by atoms with van der Waals surface area (Å²) in [6.45, 7) is 4.27. The second kappa shape index (κ2) is 6.91. The number of carbonyl (C=O) groups excluding carboxylic acids is 1. The molecule has 5 heteroatoms. The number of nitrogens with one attached hydrogen (secondary N) is 1. The van der Waals surface area contributed by atoms with Crippen molar-refractivity contribution in [3.8, 4) is 5.69 Å². The van der Waals surface area contributed by atoms with E-state index in [9.17, 15) is 9.18 Å². The topological polar surface area (TPSA) is 37.3 Å². The maximum Gasteiger partial charge on any atom is 0.322 e. The SMILES string of the molecule is CC[C@H]1c2cccn2-c2ccccc2CN1C(=O)Nc1ccc(C)c(F)c1. The van der Waals surface area contributed by atoms with Crippen LogP contribution in [0.25, 0.3) is 5.69 Å². The number of halogens is 1. The van der Waals surface area contributed by atoms with Gasteiger partial charge in [-0.15, -0.1) is 0 Å². The maximum absolute atomic E-state index is 13.9. The number of amides is 2. The van der Waals surface area contributed by atoms with Gasteiger partial charge < -0.3 is 14.8 Å². The van der Waals surface area contributed by atoms with Crippen molar-refractivity contribution in [3.05, 3.63) is 83.4 Å². The molecule has 138 valence electrons. The fraction of sp³-hybridized carbons (Fsp3) is 0.227. The van der Waals surface area contributed by atoms with Crippen molar-refractivity contribution in [2.75, 3.05) is 5.32 Å².